The Kier molecular flexibility index (Phi) is 5.86. The quantitative estimate of drug-likeness (QED) is 0.100. The van der Waals surface area contributed by atoms with Crippen molar-refractivity contribution in [2.45, 2.75) is 38.6 Å². The van der Waals surface area contributed by atoms with Crippen LogP contribution in [-0.4, -0.2) is 55.3 Å². The summed E-state index contributed by atoms with van der Waals surface area (Å²) in [6.07, 6.45) is 1.72. The summed E-state index contributed by atoms with van der Waals surface area (Å²) in [5.74, 6) is -0.797. The van der Waals surface area contributed by atoms with E-state index in [1.54, 1.807) is 11.6 Å². The first-order valence-electron chi connectivity index (χ1n) is 13.0. The molecule has 2 aliphatic heterocycles. The predicted octanol–water partition coefficient (Wildman–Crippen LogP) is 2.98. The van der Waals surface area contributed by atoms with E-state index in [1.807, 2.05) is 51.4 Å². The molecule has 2 aliphatic rings. The van der Waals surface area contributed by atoms with Crippen molar-refractivity contribution in [2.75, 3.05) is 20.8 Å². The second-order valence-corrected chi connectivity index (χ2v) is 11.0. The van der Waals surface area contributed by atoms with Crippen LogP contribution in [0.15, 0.2) is 47.4 Å². The summed E-state index contributed by atoms with van der Waals surface area (Å²) in [7, 11) is 5.37. The molecule has 5 heterocycles. The minimum Gasteiger partial charge on any atom is -0.458 e. The van der Waals surface area contributed by atoms with E-state index < -0.39 is 16.5 Å². The van der Waals surface area contributed by atoms with Gasteiger partial charge in [0.1, 0.15) is 19.3 Å². The van der Waals surface area contributed by atoms with Crippen LogP contribution < -0.4 is 5.56 Å². The molecule has 1 aromatic carbocycles. The van der Waals surface area contributed by atoms with Crippen molar-refractivity contribution in [1.82, 2.24) is 19.1 Å². The van der Waals surface area contributed by atoms with Crippen LogP contribution in [0.25, 0.3) is 22.3 Å². The zero-order valence-electron chi connectivity index (χ0n) is 22.7. The van der Waals surface area contributed by atoms with Crippen molar-refractivity contribution in [3.8, 4) is 11.4 Å². The van der Waals surface area contributed by atoms with Crippen LogP contribution in [0.5, 0.6) is 0 Å². The number of cyclic esters (lactones) is 1. The monoisotopic (exact) mass is 545 g/mol. The molecule has 12 nitrogen and oxygen atoms in total. The summed E-state index contributed by atoms with van der Waals surface area (Å²) in [6.45, 7) is 2.52. The van der Waals surface area contributed by atoms with Crippen molar-refractivity contribution in [1.29, 1.82) is 0 Å². The molecule has 0 spiro atoms. The van der Waals surface area contributed by atoms with E-state index in [9.17, 15) is 19.7 Å². The number of carbonyl (C=O) groups is 1. The molecule has 0 aliphatic carbocycles. The number of pyridine rings is 2. The molecular formula is C28H29N6O6+. The van der Waals surface area contributed by atoms with Crippen LogP contribution in [0, 0.1) is 10.1 Å². The molecule has 0 saturated heterocycles. The van der Waals surface area contributed by atoms with Crippen molar-refractivity contribution >= 4 is 22.8 Å². The lowest BCUT2D eigenvalue weighted by Gasteiger charge is -2.38. The van der Waals surface area contributed by atoms with E-state index in [2.05, 4.69) is 11.1 Å². The Hall–Kier alpha value is -4.42. The van der Waals surface area contributed by atoms with Gasteiger partial charge in [-0.15, -0.1) is 0 Å². The Morgan fingerprint density at radius 3 is 2.73 bits per heavy atom. The number of carbonyl (C=O) groups excluding carboxylic acids is 1. The number of esters is 1. The van der Waals surface area contributed by atoms with Crippen LogP contribution in [0.4, 0.5) is 5.95 Å². The van der Waals surface area contributed by atoms with Gasteiger partial charge in [-0.1, -0.05) is 30.1 Å². The van der Waals surface area contributed by atoms with Gasteiger partial charge in [0.15, 0.2) is 18.0 Å². The molecule has 0 N–H and O–H groups in total. The zero-order valence-corrected chi connectivity index (χ0v) is 22.7. The van der Waals surface area contributed by atoms with Gasteiger partial charge in [0.2, 0.25) is 0 Å². The van der Waals surface area contributed by atoms with Gasteiger partial charge in [0, 0.05) is 16.5 Å². The largest absolute Gasteiger partial charge is 0.458 e. The number of nitrogens with zero attached hydrogens (tertiary/aromatic N) is 6. The maximum Gasteiger partial charge on any atom is 0.434 e. The fraction of sp³-hybridized carbons (Fsp3) is 0.357. The Morgan fingerprint density at radius 1 is 1.23 bits per heavy atom. The summed E-state index contributed by atoms with van der Waals surface area (Å²) < 4.78 is 15.3. The van der Waals surface area contributed by atoms with E-state index in [-0.39, 0.29) is 35.7 Å². The number of imidazole rings is 1. The van der Waals surface area contributed by atoms with Gasteiger partial charge < -0.3 is 24.2 Å². The molecule has 0 radical (unpaired) electrons. The number of hydrogen-bond acceptors (Lipinski definition) is 8. The highest BCUT2D eigenvalue weighted by Crippen LogP contribution is 2.41. The molecule has 0 saturated carbocycles. The summed E-state index contributed by atoms with van der Waals surface area (Å²) >= 11 is 0. The summed E-state index contributed by atoms with van der Waals surface area (Å²) in [5.41, 5.74) is 2.96. The molecule has 0 amide bonds. The van der Waals surface area contributed by atoms with Crippen molar-refractivity contribution in [2.24, 2.45) is 7.05 Å². The van der Waals surface area contributed by atoms with Gasteiger partial charge >= 0.3 is 11.9 Å². The third-order valence-corrected chi connectivity index (χ3v) is 7.86. The molecule has 206 valence electrons. The lowest BCUT2D eigenvalue weighted by atomic mass is 9.85. The van der Waals surface area contributed by atoms with E-state index in [4.69, 9.17) is 14.5 Å². The predicted molar refractivity (Wildman–Crippen MR) is 144 cm³/mol. The molecule has 0 unspecified atom stereocenters. The highest BCUT2D eigenvalue weighted by Gasteiger charge is 2.49. The first-order chi connectivity index (χ1) is 19.0. The van der Waals surface area contributed by atoms with E-state index >= 15 is 0 Å². The molecule has 0 bridgehead atoms. The molecule has 40 heavy (non-hydrogen) atoms. The topological polar surface area (TPSA) is 131 Å². The zero-order chi connectivity index (χ0) is 28.4. The first-order valence-corrected chi connectivity index (χ1v) is 13.0. The van der Waals surface area contributed by atoms with Crippen molar-refractivity contribution < 1.29 is 23.7 Å². The van der Waals surface area contributed by atoms with Crippen molar-refractivity contribution in [3.05, 3.63) is 85.4 Å². The third kappa shape index (κ3) is 3.90. The number of aromatic nitrogens is 4. The lowest BCUT2D eigenvalue weighted by Crippen LogP contribution is -2.51. The fourth-order valence-corrected chi connectivity index (χ4v) is 5.67. The minimum atomic E-state index is -1.49. The maximum absolute atomic E-state index is 13.7. The maximum atomic E-state index is 13.7. The Morgan fingerprint density at radius 2 is 2.00 bits per heavy atom. The normalized spacial score (nSPS) is 17.9. The van der Waals surface area contributed by atoms with Crippen LogP contribution in [0.1, 0.15) is 35.7 Å². The van der Waals surface area contributed by atoms with Gasteiger partial charge in [-0.05, 0) is 29.5 Å². The number of rotatable bonds is 7. The van der Waals surface area contributed by atoms with Crippen LogP contribution in [-0.2, 0) is 46.6 Å². The molecule has 6 rings (SSSR count). The van der Waals surface area contributed by atoms with Gasteiger partial charge in [0.05, 0.1) is 50.2 Å². The Balaban J connectivity index is 1.38. The highest BCUT2D eigenvalue weighted by molar-refractivity contribution is 5.86. The third-order valence-electron chi connectivity index (χ3n) is 7.86. The molecule has 1 atom stereocenters. The fourth-order valence-electron chi connectivity index (χ4n) is 5.67. The number of benzene rings is 1. The number of hydrogen-bond donors (Lipinski definition) is 0. The number of fused-ring (bicyclic) bond motifs is 5. The molecule has 3 aromatic heterocycles. The summed E-state index contributed by atoms with van der Waals surface area (Å²) in [6, 6.07) is 11.7. The molecular weight excluding hydrogens is 516 g/mol. The highest BCUT2D eigenvalue weighted by atomic mass is 16.6. The van der Waals surface area contributed by atoms with Gasteiger partial charge in [-0.2, -0.15) is 0 Å². The van der Waals surface area contributed by atoms with Crippen molar-refractivity contribution in [3.63, 3.8) is 0 Å². The second-order valence-electron chi connectivity index (χ2n) is 11.0. The minimum absolute atomic E-state index is 0.0687. The Bertz CT molecular complexity index is 1770. The van der Waals surface area contributed by atoms with E-state index in [1.165, 1.54) is 10.8 Å². The summed E-state index contributed by atoms with van der Waals surface area (Å²) in [4.78, 5) is 46.6. The molecule has 12 heteroatoms. The number of para-hydroxylation sites is 1. The standard InChI is InChI=1S/C28H29N6O6/c1-5-28(40-16-34(3,4)14-19-12-29-27(31(19)2)33(37)38)21-11-23-24-18(10-17-8-6-7-9-22(17)30-24)13-32(23)25(35)20(21)15-39-26(28)36/h6-12H,5,13-16H2,1-4H3/q+1/t28-/m0/s1. The average Bonchev–Trinajstić information content (AvgIpc) is 3.47. The van der Waals surface area contributed by atoms with Crippen LogP contribution in [0.2, 0.25) is 0 Å². The SMILES string of the molecule is CC[C@@]1(OC[N+](C)(C)Cc2cnc([N+](=O)[O-])n2C)C(=O)OCc2c1cc1n(c2=O)Cc2cc3ccccc3nc2-1. The first kappa shape index (κ1) is 25.8. The second kappa shape index (κ2) is 9.07. The van der Waals surface area contributed by atoms with Crippen LogP contribution in [0.3, 0.4) is 0 Å². The van der Waals surface area contributed by atoms with E-state index in [0.29, 0.717) is 35.6 Å². The van der Waals surface area contributed by atoms with Crippen LogP contribution >= 0.6 is 0 Å². The summed E-state index contributed by atoms with van der Waals surface area (Å²) in [5, 5.41) is 12.2. The van der Waals surface area contributed by atoms with Gasteiger partial charge in [-0.25, -0.2) is 14.3 Å². The number of ether oxygens (including phenoxy) is 2. The van der Waals surface area contributed by atoms with Gasteiger partial charge in [-0.3, -0.25) is 9.28 Å². The number of nitro groups is 1. The smallest absolute Gasteiger partial charge is 0.434 e. The molecule has 4 aromatic rings. The Labute approximate surface area is 229 Å². The average molecular weight is 546 g/mol. The van der Waals surface area contributed by atoms with E-state index in [0.717, 1.165) is 22.2 Å². The molecule has 0 fully saturated rings. The number of quaternary nitrogens is 1. The van der Waals surface area contributed by atoms with Gasteiger partial charge in [0.25, 0.3) is 5.56 Å². The lowest BCUT2D eigenvalue weighted by molar-refractivity contribution is -0.924.